The third-order valence-electron chi connectivity index (χ3n) is 4.26. The van der Waals surface area contributed by atoms with Crippen LogP contribution in [0.15, 0.2) is 16.2 Å². The molecule has 0 aromatic carbocycles. The maximum absolute atomic E-state index is 12.2. The molecular formula is C15H22N4OS. The zero-order chi connectivity index (χ0) is 15.0. The lowest BCUT2D eigenvalue weighted by Gasteiger charge is -2.37. The van der Waals surface area contributed by atoms with Gasteiger partial charge < -0.3 is 5.73 Å². The number of nitrogens with zero attached hydrogens (tertiary/aromatic N) is 3. The molecule has 2 unspecified atom stereocenters. The summed E-state index contributed by atoms with van der Waals surface area (Å²) in [6, 6.07) is 2.21. The predicted octanol–water partition coefficient (Wildman–Crippen LogP) is 1.77. The molecule has 0 amide bonds. The van der Waals surface area contributed by atoms with Crippen LogP contribution in [0.5, 0.6) is 0 Å². The zero-order valence-corrected chi connectivity index (χ0v) is 13.4. The standard InChI is InChI=1S/C15H22N4OS/c1-10-9-21-15-17-12(7-14(20)19(10)15)8-18-6-4-3-5-13(18)11(2)16/h7,9,11,13H,3-6,8,16H2,1-2H3. The second kappa shape index (κ2) is 5.87. The van der Waals surface area contributed by atoms with E-state index in [0.29, 0.717) is 6.04 Å². The molecule has 0 bridgehead atoms. The van der Waals surface area contributed by atoms with Crippen molar-refractivity contribution in [2.24, 2.45) is 5.73 Å². The number of fused-ring (bicyclic) bond motifs is 1. The molecule has 1 aliphatic rings. The molecule has 2 aromatic heterocycles. The fraction of sp³-hybridized carbons (Fsp3) is 0.600. The van der Waals surface area contributed by atoms with E-state index in [2.05, 4.69) is 16.8 Å². The maximum atomic E-state index is 12.2. The average molecular weight is 306 g/mol. The number of piperidine rings is 1. The first kappa shape index (κ1) is 14.7. The van der Waals surface area contributed by atoms with Crippen molar-refractivity contribution in [1.29, 1.82) is 0 Å². The normalized spacial score (nSPS) is 21.8. The third-order valence-corrected chi connectivity index (χ3v) is 5.21. The Balaban J connectivity index is 1.88. The first-order valence-corrected chi connectivity index (χ1v) is 8.40. The van der Waals surface area contributed by atoms with Gasteiger partial charge in [-0.15, -0.1) is 11.3 Å². The van der Waals surface area contributed by atoms with Gasteiger partial charge in [0.1, 0.15) is 0 Å². The number of rotatable bonds is 3. The van der Waals surface area contributed by atoms with Crippen molar-refractivity contribution in [3.63, 3.8) is 0 Å². The van der Waals surface area contributed by atoms with Gasteiger partial charge >= 0.3 is 0 Å². The van der Waals surface area contributed by atoms with E-state index < -0.39 is 0 Å². The van der Waals surface area contributed by atoms with E-state index in [1.54, 1.807) is 10.5 Å². The number of aryl methyl sites for hydroxylation is 1. The fourth-order valence-electron chi connectivity index (χ4n) is 3.20. The smallest absolute Gasteiger partial charge is 0.259 e. The van der Waals surface area contributed by atoms with Crippen LogP contribution in [0, 0.1) is 6.92 Å². The molecule has 0 spiro atoms. The highest BCUT2D eigenvalue weighted by Crippen LogP contribution is 2.21. The molecule has 0 saturated carbocycles. The van der Waals surface area contributed by atoms with Gasteiger partial charge in [-0.25, -0.2) is 4.98 Å². The van der Waals surface area contributed by atoms with Crippen LogP contribution in [0.3, 0.4) is 0 Å². The summed E-state index contributed by atoms with van der Waals surface area (Å²) in [6.07, 6.45) is 3.57. The molecular weight excluding hydrogens is 284 g/mol. The second-order valence-electron chi connectivity index (χ2n) is 5.97. The molecule has 2 atom stereocenters. The van der Waals surface area contributed by atoms with Gasteiger partial charge in [0.2, 0.25) is 0 Å². The molecule has 0 aliphatic carbocycles. The number of nitrogens with two attached hydrogens (primary N) is 1. The average Bonchev–Trinajstić information content (AvgIpc) is 2.81. The highest BCUT2D eigenvalue weighted by molar-refractivity contribution is 7.15. The Bertz CT molecular complexity index is 691. The summed E-state index contributed by atoms with van der Waals surface area (Å²) < 4.78 is 1.67. The zero-order valence-electron chi connectivity index (χ0n) is 12.6. The summed E-state index contributed by atoms with van der Waals surface area (Å²) in [5.41, 5.74) is 7.93. The van der Waals surface area contributed by atoms with Gasteiger partial charge in [-0.3, -0.25) is 14.1 Å². The fourth-order valence-corrected chi connectivity index (χ4v) is 4.09. The first-order valence-electron chi connectivity index (χ1n) is 7.52. The molecule has 114 valence electrons. The summed E-state index contributed by atoms with van der Waals surface area (Å²) >= 11 is 1.52. The molecule has 3 rings (SSSR count). The van der Waals surface area contributed by atoms with Gasteiger partial charge in [0.05, 0.1) is 5.69 Å². The van der Waals surface area contributed by atoms with Crippen LogP contribution in [-0.4, -0.2) is 32.9 Å². The minimum atomic E-state index is 0.0168. The molecule has 2 aromatic rings. The lowest BCUT2D eigenvalue weighted by Crippen LogP contribution is -2.48. The van der Waals surface area contributed by atoms with E-state index in [1.807, 2.05) is 12.3 Å². The van der Waals surface area contributed by atoms with Gasteiger partial charge in [-0.2, -0.15) is 0 Å². The minimum absolute atomic E-state index is 0.0168. The first-order chi connectivity index (χ1) is 10.1. The lowest BCUT2D eigenvalue weighted by molar-refractivity contribution is 0.121. The van der Waals surface area contributed by atoms with Gasteiger partial charge in [0, 0.05) is 35.8 Å². The lowest BCUT2D eigenvalue weighted by atomic mass is 9.97. The summed E-state index contributed by atoms with van der Waals surface area (Å²) in [4.78, 5) is 20.0. The maximum Gasteiger partial charge on any atom is 0.259 e. The van der Waals surface area contributed by atoms with Gasteiger partial charge in [0.25, 0.3) is 5.56 Å². The molecule has 1 fully saturated rings. The van der Waals surface area contributed by atoms with Crippen LogP contribution in [0.1, 0.15) is 37.6 Å². The Morgan fingerprint density at radius 3 is 3.10 bits per heavy atom. The van der Waals surface area contributed by atoms with E-state index in [9.17, 15) is 4.79 Å². The summed E-state index contributed by atoms with van der Waals surface area (Å²) in [6.45, 7) is 5.76. The molecule has 1 saturated heterocycles. The molecule has 1 aliphatic heterocycles. The molecule has 0 radical (unpaired) electrons. The van der Waals surface area contributed by atoms with E-state index in [4.69, 9.17) is 5.73 Å². The number of likely N-dealkylation sites (tertiary alicyclic amines) is 1. The van der Waals surface area contributed by atoms with Crippen molar-refractivity contribution in [1.82, 2.24) is 14.3 Å². The van der Waals surface area contributed by atoms with Crippen molar-refractivity contribution in [2.75, 3.05) is 6.54 Å². The number of hydrogen-bond acceptors (Lipinski definition) is 5. The van der Waals surface area contributed by atoms with Crippen LogP contribution in [0.2, 0.25) is 0 Å². The second-order valence-corrected chi connectivity index (χ2v) is 6.81. The summed E-state index contributed by atoms with van der Waals surface area (Å²) in [7, 11) is 0. The molecule has 3 heterocycles. The van der Waals surface area contributed by atoms with E-state index in [0.717, 1.165) is 35.9 Å². The van der Waals surface area contributed by atoms with Crippen LogP contribution in [0.4, 0.5) is 0 Å². The Morgan fingerprint density at radius 2 is 2.33 bits per heavy atom. The monoisotopic (exact) mass is 306 g/mol. The predicted molar refractivity (Wildman–Crippen MR) is 85.8 cm³/mol. The molecule has 5 nitrogen and oxygen atoms in total. The SMILES string of the molecule is Cc1csc2nc(CN3CCCCC3C(C)N)cc(=O)n12. The number of hydrogen-bond donors (Lipinski definition) is 1. The van der Waals surface area contributed by atoms with Crippen LogP contribution in [0.25, 0.3) is 4.96 Å². The van der Waals surface area contributed by atoms with Gasteiger partial charge in [-0.1, -0.05) is 6.42 Å². The van der Waals surface area contributed by atoms with Crippen LogP contribution < -0.4 is 11.3 Å². The van der Waals surface area contributed by atoms with E-state index in [1.165, 1.54) is 24.2 Å². The Labute approximate surface area is 128 Å². The summed E-state index contributed by atoms with van der Waals surface area (Å²) in [5.74, 6) is 0. The summed E-state index contributed by atoms with van der Waals surface area (Å²) in [5, 5.41) is 1.97. The van der Waals surface area contributed by atoms with Crippen molar-refractivity contribution in [3.05, 3.63) is 33.2 Å². The Morgan fingerprint density at radius 1 is 1.52 bits per heavy atom. The van der Waals surface area contributed by atoms with E-state index >= 15 is 0 Å². The highest BCUT2D eigenvalue weighted by atomic mass is 32.1. The topological polar surface area (TPSA) is 63.6 Å². The van der Waals surface area contributed by atoms with Crippen LogP contribution in [-0.2, 0) is 6.54 Å². The molecule has 21 heavy (non-hydrogen) atoms. The highest BCUT2D eigenvalue weighted by Gasteiger charge is 2.25. The van der Waals surface area contributed by atoms with Crippen molar-refractivity contribution in [2.45, 2.75) is 51.7 Å². The number of aromatic nitrogens is 2. The van der Waals surface area contributed by atoms with Gasteiger partial charge in [-0.05, 0) is 33.2 Å². The minimum Gasteiger partial charge on any atom is -0.327 e. The largest absolute Gasteiger partial charge is 0.327 e. The Hall–Kier alpha value is -1.24. The third kappa shape index (κ3) is 2.88. The van der Waals surface area contributed by atoms with Crippen molar-refractivity contribution in [3.8, 4) is 0 Å². The van der Waals surface area contributed by atoms with Crippen molar-refractivity contribution < 1.29 is 0 Å². The quantitative estimate of drug-likeness (QED) is 0.938. The van der Waals surface area contributed by atoms with Gasteiger partial charge in [0.15, 0.2) is 4.96 Å². The molecule has 2 N–H and O–H groups in total. The van der Waals surface area contributed by atoms with E-state index in [-0.39, 0.29) is 11.6 Å². The van der Waals surface area contributed by atoms with Crippen molar-refractivity contribution >= 4 is 16.3 Å². The number of thiazole rings is 1. The Kier molecular flexibility index (Phi) is 4.10. The molecule has 6 heteroatoms. The van der Waals surface area contributed by atoms with Crippen LogP contribution >= 0.6 is 11.3 Å².